The predicted octanol–water partition coefficient (Wildman–Crippen LogP) is 3.16. The van der Waals surface area contributed by atoms with Gasteiger partial charge in [0.2, 0.25) is 29.5 Å². The topological polar surface area (TPSA) is 257 Å². The van der Waals surface area contributed by atoms with Gasteiger partial charge in [-0.25, -0.2) is 4.79 Å². The van der Waals surface area contributed by atoms with Crippen molar-refractivity contribution in [1.82, 2.24) is 30.2 Å². The maximum atomic E-state index is 14.6. The molecule has 7 unspecified atom stereocenters. The maximum absolute atomic E-state index is 14.6. The van der Waals surface area contributed by atoms with E-state index in [1.165, 1.54) is 44.4 Å². The summed E-state index contributed by atoms with van der Waals surface area (Å²) in [6.07, 6.45) is 4.48. The van der Waals surface area contributed by atoms with Crippen molar-refractivity contribution in [3.63, 3.8) is 0 Å². The normalized spacial score (nSPS) is 16.9. The second kappa shape index (κ2) is 38.3. The average molecular weight is 1170 g/mol. The first-order valence-corrected chi connectivity index (χ1v) is 29.0. The van der Waals surface area contributed by atoms with Gasteiger partial charge < -0.3 is 68.0 Å². The van der Waals surface area contributed by atoms with Crippen molar-refractivity contribution in [2.24, 2.45) is 17.8 Å². The number of likely N-dealkylation sites (N-methyl/N-ethyl adjacent to an activating group) is 2. The molecule has 2 aliphatic rings. The molecule has 8 atom stereocenters. The Hall–Kier alpha value is -5.66. The largest absolute Gasteiger partial charge is 0.460 e. The van der Waals surface area contributed by atoms with E-state index in [0.717, 1.165) is 10.5 Å². The fourth-order valence-corrected chi connectivity index (χ4v) is 9.75. The lowest BCUT2D eigenvalue weighted by atomic mass is 9.89. The second-order valence-corrected chi connectivity index (χ2v) is 21.6. The summed E-state index contributed by atoms with van der Waals surface area (Å²) in [5.41, 5.74) is -0.521. The molecule has 2 aliphatic heterocycles. The third-order valence-corrected chi connectivity index (χ3v) is 15.2. The number of ether oxygens (including phenoxy) is 9. The number of esters is 1. The summed E-state index contributed by atoms with van der Waals surface area (Å²) in [7, 11) is 6.20. The van der Waals surface area contributed by atoms with Gasteiger partial charge >= 0.3 is 5.97 Å². The van der Waals surface area contributed by atoms with Gasteiger partial charge in [0.1, 0.15) is 24.2 Å². The first-order chi connectivity index (χ1) is 39.7. The van der Waals surface area contributed by atoms with E-state index in [1.807, 2.05) is 58.0 Å². The zero-order valence-electron chi connectivity index (χ0n) is 51.1. The lowest BCUT2D eigenvalue weighted by Crippen LogP contribution is -2.62. The quantitative estimate of drug-likeness (QED) is 0.0412. The van der Waals surface area contributed by atoms with Crippen molar-refractivity contribution in [1.29, 1.82) is 0 Å². The molecule has 0 saturated carbocycles. The first-order valence-electron chi connectivity index (χ1n) is 29.0. The standard InChI is InChI=1S/C60H96N6O17/c1-13-27-83-58(73)46(40-45-19-16-15-17-20-45)61-56(71)44(6)55(76-12)47-21-18-25-65(47)52(70)41-48(75-11)54(43(5)14-2)63(9)57(72)53(42(3)4)62-59(74)60(7,8)64(10)49(67)24-28-77-30-32-79-34-36-81-38-39-82-37-35-80-33-31-78-29-26-66-50(68)22-23-51(66)69/h13,15-17,19-20,22-23,42-44,46-48,53-55H,1,14,18,21,24-41H2,2-12H3,(H,61,71)(H,62,74)/t43?,44?,46?,47-,48?,53?,54?,55?/m0/s1. The van der Waals surface area contributed by atoms with Crippen molar-refractivity contribution in [3.8, 4) is 0 Å². The summed E-state index contributed by atoms with van der Waals surface area (Å²) in [6, 6.07) is 6.27. The van der Waals surface area contributed by atoms with Gasteiger partial charge in [0.15, 0.2) is 0 Å². The van der Waals surface area contributed by atoms with Crippen LogP contribution in [0.15, 0.2) is 55.1 Å². The summed E-state index contributed by atoms with van der Waals surface area (Å²) in [4.78, 5) is 112. The van der Waals surface area contributed by atoms with Gasteiger partial charge in [-0.15, -0.1) is 0 Å². The van der Waals surface area contributed by atoms with Crippen molar-refractivity contribution >= 4 is 47.3 Å². The van der Waals surface area contributed by atoms with Gasteiger partial charge in [0, 0.05) is 53.4 Å². The monoisotopic (exact) mass is 1170 g/mol. The number of hydrogen-bond acceptors (Lipinski definition) is 17. The minimum atomic E-state index is -1.36. The Balaban J connectivity index is 1.45. The zero-order chi connectivity index (χ0) is 61.5. The van der Waals surface area contributed by atoms with E-state index in [-0.39, 0.29) is 100 Å². The van der Waals surface area contributed by atoms with Crippen LogP contribution in [0.5, 0.6) is 0 Å². The van der Waals surface area contributed by atoms with Crippen LogP contribution in [0.1, 0.15) is 86.1 Å². The zero-order valence-corrected chi connectivity index (χ0v) is 51.1. The molecule has 83 heavy (non-hydrogen) atoms. The molecule has 0 spiro atoms. The van der Waals surface area contributed by atoms with E-state index in [0.29, 0.717) is 78.7 Å². The lowest BCUT2D eigenvalue weighted by molar-refractivity contribution is -0.150. The molecule has 2 N–H and O–H groups in total. The summed E-state index contributed by atoms with van der Waals surface area (Å²) in [5, 5.41) is 5.82. The average Bonchev–Trinajstić information content (AvgIpc) is 4.26. The van der Waals surface area contributed by atoms with Crippen LogP contribution >= 0.6 is 0 Å². The Morgan fingerprint density at radius 1 is 0.771 bits per heavy atom. The van der Waals surface area contributed by atoms with Gasteiger partial charge in [0.25, 0.3) is 11.8 Å². The van der Waals surface area contributed by atoms with Crippen molar-refractivity contribution < 1.29 is 81.0 Å². The molecule has 1 aromatic rings. The Morgan fingerprint density at radius 3 is 1.82 bits per heavy atom. The van der Waals surface area contributed by atoms with E-state index >= 15 is 0 Å². The Kier molecular flexibility index (Phi) is 33.1. The van der Waals surface area contributed by atoms with Gasteiger partial charge in [-0.05, 0) is 44.1 Å². The molecule has 0 radical (unpaired) electrons. The molecule has 0 aliphatic carbocycles. The van der Waals surface area contributed by atoms with E-state index in [9.17, 15) is 38.4 Å². The van der Waals surface area contributed by atoms with E-state index in [1.54, 1.807) is 37.6 Å². The number of carbonyl (C=O) groups is 8. The SMILES string of the molecule is C=CCOC(=O)C(Cc1ccccc1)NC(=O)C(C)C(OC)[C@@H]1CCCN1C(=O)CC(OC)C(C(C)CC)N(C)C(=O)C(NC(=O)C(C)(C)N(C)C(=O)CCOCCOCCOCCOCCOCCOCCN1C(=O)C=CC1=O)C(C)C. The van der Waals surface area contributed by atoms with Crippen LogP contribution in [0.4, 0.5) is 0 Å². The van der Waals surface area contributed by atoms with Crippen molar-refractivity contribution in [2.75, 3.05) is 127 Å². The number of methoxy groups -OCH3 is 2. The summed E-state index contributed by atoms with van der Waals surface area (Å²) < 4.78 is 50.5. The van der Waals surface area contributed by atoms with E-state index in [4.69, 9.17) is 42.6 Å². The molecule has 1 aromatic carbocycles. The highest BCUT2D eigenvalue weighted by Gasteiger charge is 2.44. The van der Waals surface area contributed by atoms with Crippen LogP contribution < -0.4 is 10.6 Å². The molecule has 468 valence electrons. The number of nitrogens with one attached hydrogen (secondary N) is 2. The number of benzene rings is 1. The molecule has 0 aromatic heterocycles. The van der Waals surface area contributed by atoms with Crippen LogP contribution in [-0.2, 0) is 87.4 Å². The molecule has 23 heteroatoms. The number of likely N-dealkylation sites (tertiary alicyclic amines) is 1. The molecule has 0 bridgehead atoms. The van der Waals surface area contributed by atoms with Gasteiger partial charge in [-0.3, -0.25) is 38.5 Å². The molecule has 1 saturated heterocycles. The van der Waals surface area contributed by atoms with Gasteiger partial charge in [-0.2, -0.15) is 0 Å². The summed E-state index contributed by atoms with van der Waals surface area (Å²) in [6.45, 7) is 20.6. The summed E-state index contributed by atoms with van der Waals surface area (Å²) in [5.74, 6) is -4.44. The number of carbonyl (C=O) groups excluding carboxylic acids is 8. The van der Waals surface area contributed by atoms with Crippen LogP contribution in [0, 0.1) is 17.8 Å². The number of nitrogens with zero attached hydrogens (tertiary/aromatic N) is 4. The third-order valence-electron chi connectivity index (χ3n) is 15.2. The van der Waals surface area contributed by atoms with E-state index < -0.39 is 65.6 Å². The van der Waals surface area contributed by atoms with Gasteiger partial charge in [0.05, 0.1) is 129 Å². The number of imide groups is 1. The van der Waals surface area contributed by atoms with E-state index in [2.05, 4.69) is 17.2 Å². The molecule has 7 amide bonds. The van der Waals surface area contributed by atoms with Crippen molar-refractivity contribution in [3.05, 3.63) is 60.7 Å². The maximum Gasteiger partial charge on any atom is 0.329 e. The second-order valence-electron chi connectivity index (χ2n) is 21.6. The molecular weight excluding hydrogens is 1080 g/mol. The Labute approximate surface area is 491 Å². The first kappa shape index (κ1) is 71.6. The van der Waals surface area contributed by atoms with Gasteiger partial charge in [-0.1, -0.05) is 84.0 Å². The molecular formula is C60H96N6O17. The van der Waals surface area contributed by atoms with Crippen LogP contribution in [-0.4, -0.2) is 236 Å². The van der Waals surface area contributed by atoms with Crippen LogP contribution in [0.2, 0.25) is 0 Å². The molecule has 23 nitrogen and oxygen atoms in total. The number of rotatable bonds is 43. The minimum Gasteiger partial charge on any atom is -0.460 e. The smallest absolute Gasteiger partial charge is 0.329 e. The summed E-state index contributed by atoms with van der Waals surface area (Å²) >= 11 is 0. The highest BCUT2D eigenvalue weighted by molar-refractivity contribution is 6.12. The van der Waals surface area contributed by atoms with Crippen LogP contribution in [0.25, 0.3) is 0 Å². The highest BCUT2D eigenvalue weighted by atomic mass is 16.6. The molecule has 2 heterocycles. The highest BCUT2D eigenvalue weighted by Crippen LogP contribution is 2.30. The third kappa shape index (κ3) is 23.4. The Morgan fingerprint density at radius 2 is 1.31 bits per heavy atom. The van der Waals surface area contributed by atoms with Crippen molar-refractivity contribution in [2.45, 2.75) is 129 Å². The Bertz CT molecular complexity index is 2200. The molecule has 1 fully saturated rings. The molecule has 3 rings (SSSR count). The lowest BCUT2D eigenvalue weighted by Gasteiger charge is -2.41. The fraction of sp³-hybridized carbons (Fsp3) is 0.700. The predicted molar refractivity (Wildman–Crippen MR) is 308 cm³/mol. The number of hydrogen-bond donors (Lipinski definition) is 2. The van der Waals surface area contributed by atoms with Crippen LogP contribution in [0.3, 0.4) is 0 Å². The number of amides is 7. The fourth-order valence-electron chi connectivity index (χ4n) is 9.75. The minimum absolute atomic E-state index is 0.00436.